The molecule has 0 spiro atoms. The van der Waals surface area contributed by atoms with Gasteiger partial charge in [-0.1, -0.05) is 13.5 Å². The molecular formula is C6H14Cl2O2. The van der Waals surface area contributed by atoms with E-state index in [9.17, 15) is 4.79 Å². The van der Waals surface area contributed by atoms with Crippen molar-refractivity contribution in [1.82, 2.24) is 0 Å². The third kappa shape index (κ3) is 10.7. The predicted molar refractivity (Wildman–Crippen MR) is 48.3 cm³/mol. The normalized spacial score (nSPS) is 8.00. The van der Waals surface area contributed by atoms with Crippen LogP contribution in [0.15, 0.2) is 11.6 Å². The van der Waals surface area contributed by atoms with Gasteiger partial charge in [0, 0.05) is 5.57 Å². The van der Waals surface area contributed by atoms with Gasteiger partial charge in [0.1, 0.15) is 0 Å². The van der Waals surface area contributed by atoms with E-state index in [1.165, 1.54) is 0 Å². The largest absolute Gasteiger partial charge is 0.478 e. The van der Waals surface area contributed by atoms with Gasteiger partial charge in [0.25, 0.3) is 0 Å². The summed E-state index contributed by atoms with van der Waals surface area (Å²) < 4.78 is 0. The van der Waals surface area contributed by atoms with E-state index >= 15 is 0 Å². The summed E-state index contributed by atoms with van der Waals surface area (Å²) in [5.41, 5.74) is 0.389. The van der Waals surface area contributed by atoms with Crippen molar-refractivity contribution in [2.75, 3.05) is 0 Å². The first-order valence-corrected chi connectivity index (χ1v) is 2.04. The van der Waals surface area contributed by atoms with Gasteiger partial charge >= 0.3 is 5.97 Å². The van der Waals surface area contributed by atoms with Crippen LogP contribution in [0, 0.1) is 0 Å². The molecule has 0 aliphatic heterocycles. The SMILES string of the molecule is C.CC=C(C)C(=O)O.Cl.Cl. The first-order valence-electron chi connectivity index (χ1n) is 2.04. The molecule has 2 nitrogen and oxygen atoms in total. The third-order valence-electron chi connectivity index (χ3n) is 0.770. The number of hydrogen-bond donors (Lipinski definition) is 1. The van der Waals surface area contributed by atoms with Gasteiger partial charge in [-0.2, -0.15) is 0 Å². The smallest absolute Gasteiger partial charge is 0.330 e. The van der Waals surface area contributed by atoms with Gasteiger partial charge in [-0.3, -0.25) is 0 Å². The Hall–Kier alpha value is -0.210. The Morgan fingerprint density at radius 3 is 1.70 bits per heavy atom. The van der Waals surface area contributed by atoms with Gasteiger partial charge in [0.15, 0.2) is 0 Å². The molecule has 0 saturated heterocycles. The van der Waals surface area contributed by atoms with Gasteiger partial charge < -0.3 is 5.11 Å². The standard InChI is InChI=1S/C5H8O2.CH4.2ClH/c1-3-4(2)5(6)7;;;/h3H,1-2H3,(H,6,7);1H4;2*1H. The molecule has 0 aromatic carbocycles. The monoisotopic (exact) mass is 188 g/mol. The molecule has 0 bridgehead atoms. The van der Waals surface area contributed by atoms with Crippen LogP contribution in [0.1, 0.15) is 21.3 Å². The molecule has 1 N–H and O–H groups in total. The van der Waals surface area contributed by atoms with Gasteiger partial charge in [-0.15, -0.1) is 24.8 Å². The fraction of sp³-hybridized carbons (Fsp3) is 0.500. The summed E-state index contributed by atoms with van der Waals surface area (Å²) in [5.74, 6) is -0.845. The van der Waals surface area contributed by atoms with Crippen LogP contribution >= 0.6 is 24.8 Å². The Morgan fingerprint density at radius 2 is 1.70 bits per heavy atom. The number of allylic oxidation sites excluding steroid dienone is 1. The Morgan fingerprint density at radius 1 is 1.40 bits per heavy atom. The average molecular weight is 189 g/mol. The molecular weight excluding hydrogens is 175 g/mol. The molecule has 0 amide bonds. The van der Waals surface area contributed by atoms with Crippen LogP contribution in [0.2, 0.25) is 0 Å². The topological polar surface area (TPSA) is 37.3 Å². The molecule has 0 fully saturated rings. The number of carboxylic acids is 1. The summed E-state index contributed by atoms with van der Waals surface area (Å²) in [7, 11) is 0. The Kier molecular flexibility index (Phi) is 26.1. The van der Waals surface area contributed by atoms with Crippen molar-refractivity contribution < 1.29 is 9.90 Å². The summed E-state index contributed by atoms with van der Waals surface area (Å²) in [6.45, 7) is 3.26. The second-order valence-electron chi connectivity index (χ2n) is 1.28. The summed E-state index contributed by atoms with van der Waals surface area (Å²) in [6.07, 6.45) is 1.56. The zero-order valence-corrected chi connectivity index (χ0v) is 6.88. The van der Waals surface area contributed by atoms with Gasteiger partial charge in [0.2, 0.25) is 0 Å². The van der Waals surface area contributed by atoms with Crippen molar-refractivity contribution in [3.8, 4) is 0 Å². The van der Waals surface area contributed by atoms with Crippen LogP contribution in [0.3, 0.4) is 0 Å². The molecule has 0 atom stereocenters. The predicted octanol–water partition coefficient (Wildman–Crippen LogP) is 2.52. The molecule has 0 aliphatic carbocycles. The number of rotatable bonds is 1. The van der Waals surface area contributed by atoms with Crippen molar-refractivity contribution >= 4 is 30.8 Å². The maximum Gasteiger partial charge on any atom is 0.330 e. The van der Waals surface area contributed by atoms with E-state index in [1.807, 2.05) is 0 Å². The van der Waals surface area contributed by atoms with Crippen molar-refractivity contribution in [1.29, 1.82) is 0 Å². The zero-order chi connectivity index (χ0) is 5.86. The zero-order valence-electron chi connectivity index (χ0n) is 5.25. The maximum atomic E-state index is 9.86. The minimum Gasteiger partial charge on any atom is -0.478 e. The van der Waals surface area contributed by atoms with Gasteiger partial charge in [-0.25, -0.2) is 4.79 Å². The minimum absolute atomic E-state index is 0. The lowest BCUT2D eigenvalue weighted by Crippen LogP contribution is -1.93. The first-order chi connectivity index (χ1) is 3.18. The van der Waals surface area contributed by atoms with E-state index in [2.05, 4.69) is 0 Å². The summed E-state index contributed by atoms with van der Waals surface area (Å²) in [6, 6.07) is 0. The molecule has 64 valence electrons. The highest BCUT2D eigenvalue weighted by Gasteiger charge is 1.93. The molecule has 0 saturated carbocycles. The summed E-state index contributed by atoms with van der Waals surface area (Å²) in [4.78, 5) is 9.86. The lowest BCUT2D eigenvalue weighted by molar-refractivity contribution is -0.132. The molecule has 0 heterocycles. The average Bonchev–Trinajstić information content (AvgIpc) is 1.65. The Labute approximate surface area is 74.1 Å². The highest BCUT2D eigenvalue weighted by molar-refractivity contribution is 5.86. The summed E-state index contributed by atoms with van der Waals surface area (Å²) in [5, 5.41) is 8.11. The molecule has 4 heteroatoms. The van der Waals surface area contributed by atoms with Crippen LogP contribution in [-0.2, 0) is 4.79 Å². The van der Waals surface area contributed by atoms with Crippen molar-refractivity contribution in [3.05, 3.63) is 11.6 Å². The van der Waals surface area contributed by atoms with E-state index in [0.717, 1.165) is 0 Å². The number of carboxylic acid groups (broad SMARTS) is 1. The second kappa shape index (κ2) is 11.6. The van der Waals surface area contributed by atoms with E-state index in [1.54, 1.807) is 19.9 Å². The number of halogens is 2. The van der Waals surface area contributed by atoms with E-state index in [0.29, 0.717) is 5.57 Å². The van der Waals surface area contributed by atoms with Crippen LogP contribution in [-0.4, -0.2) is 11.1 Å². The first kappa shape index (κ1) is 22.6. The van der Waals surface area contributed by atoms with Crippen molar-refractivity contribution in [2.45, 2.75) is 21.3 Å². The molecule has 0 rings (SSSR count). The quantitative estimate of drug-likeness (QED) is 0.643. The van der Waals surface area contributed by atoms with Crippen LogP contribution in [0.25, 0.3) is 0 Å². The fourth-order valence-electron chi connectivity index (χ4n) is 0.123. The van der Waals surface area contributed by atoms with E-state index < -0.39 is 5.97 Å². The number of hydrogen-bond acceptors (Lipinski definition) is 1. The molecule has 0 aliphatic rings. The minimum atomic E-state index is -0.845. The van der Waals surface area contributed by atoms with Crippen LogP contribution < -0.4 is 0 Å². The van der Waals surface area contributed by atoms with Crippen LogP contribution in [0.5, 0.6) is 0 Å². The highest BCUT2D eigenvalue weighted by atomic mass is 35.5. The third-order valence-corrected chi connectivity index (χ3v) is 0.770. The van der Waals surface area contributed by atoms with Crippen molar-refractivity contribution in [3.63, 3.8) is 0 Å². The molecule has 0 radical (unpaired) electrons. The van der Waals surface area contributed by atoms with Gasteiger partial charge in [0.05, 0.1) is 0 Å². The van der Waals surface area contributed by atoms with Crippen LogP contribution in [0.4, 0.5) is 0 Å². The molecule has 10 heavy (non-hydrogen) atoms. The molecule has 0 unspecified atom stereocenters. The lowest BCUT2D eigenvalue weighted by atomic mass is 10.3. The molecule has 0 aromatic rings. The van der Waals surface area contributed by atoms with Crippen molar-refractivity contribution in [2.24, 2.45) is 0 Å². The maximum absolute atomic E-state index is 9.86. The number of aliphatic carboxylic acids is 1. The molecule has 0 aromatic heterocycles. The lowest BCUT2D eigenvalue weighted by Gasteiger charge is -1.84. The number of carbonyl (C=O) groups is 1. The Bertz CT molecular complexity index is 110. The highest BCUT2D eigenvalue weighted by Crippen LogP contribution is 1.87. The summed E-state index contributed by atoms with van der Waals surface area (Å²) >= 11 is 0. The second-order valence-corrected chi connectivity index (χ2v) is 1.28. The van der Waals surface area contributed by atoms with E-state index in [4.69, 9.17) is 5.11 Å². The fourth-order valence-corrected chi connectivity index (χ4v) is 0.123. The van der Waals surface area contributed by atoms with Gasteiger partial charge in [-0.05, 0) is 13.8 Å². The Balaban J connectivity index is -0.0000000600. The van der Waals surface area contributed by atoms with E-state index in [-0.39, 0.29) is 32.2 Å².